The maximum atomic E-state index is 11.8. The molecule has 0 atom stereocenters. The zero-order chi connectivity index (χ0) is 23.1. The zero-order valence-electron chi connectivity index (χ0n) is 20.0. The predicted molar refractivity (Wildman–Crippen MR) is 136 cm³/mol. The maximum Gasteiger partial charge on any atom is 0.407 e. The molecule has 2 N–H and O–H groups in total. The van der Waals surface area contributed by atoms with E-state index in [1.165, 1.54) is 52.8 Å². The van der Waals surface area contributed by atoms with E-state index < -0.39 is 0 Å². The lowest BCUT2D eigenvalue weighted by molar-refractivity contribution is 0.0589. The lowest BCUT2D eigenvalue weighted by atomic mass is 9.68. The molecule has 6 rings (SSSR count). The van der Waals surface area contributed by atoms with Crippen LogP contribution < -0.4 is 10.6 Å². The van der Waals surface area contributed by atoms with Gasteiger partial charge in [-0.2, -0.15) is 0 Å². The number of rotatable bonds is 6. The van der Waals surface area contributed by atoms with Gasteiger partial charge in [0.15, 0.2) is 0 Å². The van der Waals surface area contributed by atoms with Gasteiger partial charge in [-0.05, 0) is 79.2 Å². The molecular weight excluding hydrogens is 420 g/mol. The molecule has 34 heavy (non-hydrogen) atoms. The van der Waals surface area contributed by atoms with Gasteiger partial charge < -0.3 is 15.4 Å². The molecule has 0 saturated heterocycles. The molecule has 4 heteroatoms. The predicted octanol–water partition coefficient (Wildman–Crippen LogP) is 5.94. The third-order valence-corrected chi connectivity index (χ3v) is 8.15. The molecule has 0 bridgehead atoms. The average Bonchev–Trinajstić information content (AvgIpc) is 3.80. The largest absolute Gasteiger partial charge is 0.446 e. The number of hydrogen-bond acceptors (Lipinski definition) is 3. The van der Waals surface area contributed by atoms with Crippen LogP contribution in [0.5, 0.6) is 0 Å². The van der Waals surface area contributed by atoms with Crippen LogP contribution in [0.2, 0.25) is 0 Å². The second-order valence-electron chi connectivity index (χ2n) is 10.3. The van der Waals surface area contributed by atoms with E-state index in [4.69, 9.17) is 4.74 Å². The lowest BCUT2D eigenvalue weighted by Crippen LogP contribution is -2.43. The van der Waals surface area contributed by atoms with Crippen molar-refractivity contribution in [3.63, 3.8) is 0 Å². The molecule has 1 amide bonds. The van der Waals surface area contributed by atoms with E-state index in [-0.39, 0.29) is 17.6 Å². The van der Waals surface area contributed by atoms with Gasteiger partial charge in [0, 0.05) is 36.7 Å². The van der Waals surface area contributed by atoms with Crippen molar-refractivity contribution >= 4 is 17.4 Å². The summed E-state index contributed by atoms with van der Waals surface area (Å²) in [5.41, 5.74) is 11.7. The number of aryl methyl sites for hydroxylation is 1. The topological polar surface area (TPSA) is 50.4 Å². The zero-order valence-corrected chi connectivity index (χ0v) is 20.0. The summed E-state index contributed by atoms with van der Waals surface area (Å²) >= 11 is 0. The quantitative estimate of drug-likeness (QED) is 0.569. The number of benzene rings is 2. The van der Waals surface area contributed by atoms with Crippen LogP contribution in [0.4, 0.5) is 4.79 Å². The van der Waals surface area contributed by atoms with Crippen molar-refractivity contribution in [1.29, 1.82) is 0 Å². The minimum absolute atomic E-state index is 0.00468. The third kappa shape index (κ3) is 4.04. The Kier molecular flexibility index (Phi) is 5.47. The molecule has 4 aliphatic carbocycles. The number of alkyl carbamates (subject to hydrolysis) is 1. The summed E-state index contributed by atoms with van der Waals surface area (Å²) < 4.78 is 5.60. The summed E-state index contributed by atoms with van der Waals surface area (Å²) in [6, 6.07) is 17.8. The Morgan fingerprint density at radius 3 is 2.53 bits per heavy atom. The molecule has 0 aliphatic heterocycles. The molecule has 0 unspecified atom stereocenters. The van der Waals surface area contributed by atoms with Crippen LogP contribution in [0, 0.1) is 6.42 Å². The van der Waals surface area contributed by atoms with Crippen LogP contribution in [0.3, 0.4) is 0 Å². The number of nitrogens with one attached hydrogen (secondary N) is 2. The van der Waals surface area contributed by atoms with Crippen LogP contribution >= 0.6 is 0 Å². The minimum atomic E-state index is -0.324. The number of carbonyl (C=O) groups is 1. The first-order valence-electron chi connectivity index (χ1n) is 12.8. The van der Waals surface area contributed by atoms with Crippen molar-refractivity contribution in [2.45, 2.75) is 62.9 Å². The molecule has 2 aromatic carbocycles. The first kappa shape index (κ1) is 21.5. The van der Waals surface area contributed by atoms with E-state index in [0.29, 0.717) is 0 Å². The molecule has 2 aromatic rings. The molecular formula is C30H33N2O2. The summed E-state index contributed by atoms with van der Waals surface area (Å²) in [6.45, 7) is 0.905. The molecule has 0 heterocycles. The Morgan fingerprint density at radius 2 is 1.79 bits per heavy atom. The second-order valence-corrected chi connectivity index (χ2v) is 10.3. The van der Waals surface area contributed by atoms with Crippen molar-refractivity contribution in [2.75, 3.05) is 13.6 Å². The molecule has 4 nitrogen and oxygen atoms in total. The van der Waals surface area contributed by atoms with Crippen molar-refractivity contribution in [3.05, 3.63) is 88.4 Å². The van der Waals surface area contributed by atoms with Crippen LogP contribution in [-0.4, -0.2) is 25.8 Å². The molecule has 175 valence electrons. The average molecular weight is 454 g/mol. The van der Waals surface area contributed by atoms with Gasteiger partial charge in [-0.15, -0.1) is 0 Å². The van der Waals surface area contributed by atoms with E-state index in [2.05, 4.69) is 65.6 Å². The van der Waals surface area contributed by atoms with Crippen molar-refractivity contribution < 1.29 is 9.53 Å². The summed E-state index contributed by atoms with van der Waals surface area (Å²) in [6.07, 6.45) is 10.6. The Balaban J connectivity index is 1.27. The van der Waals surface area contributed by atoms with Gasteiger partial charge in [0.05, 0.1) is 0 Å². The van der Waals surface area contributed by atoms with Crippen LogP contribution in [0.1, 0.15) is 67.2 Å². The van der Waals surface area contributed by atoms with E-state index in [9.17, 15) is 4.79 Å². The highest BCUT2D eigenvalue weighted by molar-refractivity contribution is 5.99. The molecule has 4 aliphatic rings. The van der Waals surface area contributed by atoms with Crippen molar-refractivity contribution in [3.8, 4) is 0 Å². The number of hydrogen-bond donors (Lipinski definition) is 2. The van der Waals surface area contributed by atoms with Gasteiger partial charge >= 0.3 is 6.09 Å². The third-order valence-electron chi connectivity index (χ3n) is 8.15. The number of ether oxygens (including phenoxy) is 1. The molecule has 0 spiro atoms. The summed E-state index contributed by atoms with van der Waals surface area (Å²) in [7, 11) is 1.62. The minimum Gasteiger partial charge on any atom is -0.446 e. The van der Waals surface area contributed by atoms with Crippen LogP contribution in [0.15, 0.2) is 59.7 Å². The van der Waals surface area contributed by atoms with Crippen molar-refractivity contribution in [2.24, 2.45) is 0 Å². The molecule has 1 radical (unpaired) electrons. The number of allylic oxidation sites excluding steroid dienone is 3. The van der Waals surface area contributed by atoms with E-state index in [1.54, 1.807) is 18.2 Å². The first-order valence-corrected chi connectivity index (χ1v) is 12.8. The fraction of sp³-hybridized carbons (Fsp3) is 0.400. The maximum absolute atomic E-state index is 11.8. The summed E-state index contributed by atoms with van der Waals surface area (Å²) in [4.78, 5) is 11.8. The van der Waals surface area contributed by atoms with E-state index in [0.717, 1.165) is 38.6 Å². The van der Waals surface area contributed by atoms with Gasteiger partial charge in [0.25, 0.3) is 0 Å². The Hall–Kier alpha value is -3.01. The summed E-state index contributed by atoms with van der Waals surface area (Å²) in [5, 5.41) is 6.57. The Bertz CT molecular complexity index is 1160. The second kappa shape index (κ2) is 8.65. The standard InChI is InChI=1S/C30H33N2O2/c1-31-29(33)34-24-14-16-30(17-15-24,23-7-3-2-4-8-23)19-32-28(21-11-12-21)25-9-5-6-20-10-13-22-18-26(22)27(20)25/h2-9,18,24,32H,10-17,19H2,1H3,(H,31,33). The normalized spacial score (nSPS) is 24.6. The Morgan fingerprint density at radius 1 is 1.00 bits per heavy atom. The molecule has 2 saturated carbocycles. The van der Waals surface area contributed by atoms with Gasteiger partial charge in [-0.25, -0.2) is 4.79 Å². The highest BCUT2D eigenvalue weighted by Gasteiger charge is 2.39. The summed E-state index contributed by atoms with van der Waals surface area (Å²) in [5.74, 6) is 0. The fourth-order valence-electron chi connectivity index (χ4n) is 5.99. The highest BCUT2D eigenvalue weighted by Crippen LogP contribution is 2.50. The number of fused-ring (bicyclic) bond motifs is 2. The van der Waals surface area contributed by atoms with Gasteiger partial charge in [-0.3, -0.25) is 0 Å². The van der Waals surface area contributed by atoms with Crippen LogP contribution in [-0.2, 0) is 16.6 Å². The van der Waals surface area contributed by atoms with Gasteiger partial charge in [0.1, 0.15) is 6.10 Å². The van der Waals surface area contributed by atoms with Crippen LogP contribution in [0.25, 0.3) is 11.3 Å². The smallest absolute Gasteiger partial charge is 0.407 e. The molecule has 0 aromatic heterocycles. The lowest BCUT2D eigenvalue weighted by Gasteiger charge is -2.41. The monoisotopic (exact) mass is 453 g/mol. The fourth-order valence-corrected chi connectivity index (χ4v) is 5.99. The highest BCUT2D eigenvalue weighted by atomic mass is 16.6. The molecule has 2 fully saturated rings. The van der Waals surface area contributed by atoms with E-state index >= 15 is 0 Å². The number of amides is 1. The van der Waals surface area contributed by atoms with E-state index in [1.807, 2.05) is 0 Å². The first-order chi connectivity index (χ1) is 16.7. The SMILES string of the molecule is CNC(=O)OC1CCC(CNC(=C2CC2)c2cccc3c2C2=C([CH]2)CC3)(c2ccccc2)CC1. The number of carbonyl (C=O) groups excluding carboxylic acids is 1. The van der Waals surface area contributed by atoms with Gasteiger partial charge in [-0.1, -0.05) is 54.1 Å². The van der Waals surface area contributed by atoms with Crippen molar-refractivity contribution in [1.82, 2.24) is 10.6 Å². The Labute approximate surface area is 202 Å². The van der Waals surface area contributed by atoms with Gasteiger partial charge in [0.2, 0.25) is 0 Å².